The van der Waals surface area contributed by atoms with Crippen molar-refractivity contribution >= 4 is 9.84 Å². The quantitative estimate of drug-likeness (QED) is 0.643. The summed E-state index contributed by atoms with van der Waals surface area (Å²) in [5.74, 6) is 0.319. The lowest BCUT2D eigenvalue weighted by Crippen LogP contribution is -2.49. The molecule has 2 unspecified atom stereocenters. The number of hydrogen-bond donors (Lipinski definition) is 2. The molecule has 0 fully saturated rings. The van der Waals surface area contributed by atoms with E-state index in [0.29, 0.717) is 11.1 Å². The Labute approximate surface area is 164 Å². The van der Waals surface area contributed by atoms with Crippen molar-refractivity contribution in [3.8, 4) is 0 Å². The fourth-order valence-electron chi connectivity index (χ4n) is 3.80. The SMILES string of the molecule is CC(C)(C)C1=CC(C)(S(=O)(=O)C2(C)C=C(C(C)(C)C)C(O)=CC2)CC=C1O. The van der Waals surface area contributed by atoms with Crippen molar-refractivity contribution < 1.29 is 18.6 Å². The third-order valence-corrected chi connectivity index (χ3v) is 8.72. The second-order valence-electron chi connectivity index (χ2n) is 10.3. The molecule has 5 heteroatoms. The Morgan fingerprint density at radius 2 is 1.07 bits per heavy atom. The maximum absolute atomic E-state index is 13.8. The van der Waals surface area contributed by atoms with Crippen LogP contribution in [0.4, 0.5) is 0 Å². The molecule has 0 aromatic carbocycles. The number of aliphatic hydroxyl groups excluding tert-OH is 2. The molecule has 2 atom stereocenters. The fourth-order valence-corrected chi connectivity index (χ4v) is 6.02. The summed E-state index contributed by atoms with van der Waals surface area (Å²) in [4.78, 5) is 0. The van der Waals surface area contributed by atoms with E-state index >= 15 is 0 Å². The molecule has 0 amide bonds. The molecule has 0 spiro atoms. The van der Waals surface area contributed by atoms with E-state index in [1.807, 2.05) is 41.5 Å². The molecular weight excluding hydrogens is 360 g/mol. The Kier molecular flexibility index (Phi) is 5.06. The van der Waals surface area contributed by atoms with Gasteiger partial charge in [-0.2, -0.15) is 0 Å². The standard InChI is InChI=1S/C22H34O4S/c1-19(2,3)15-13-21(7,11-9-17(15)23)27(25,26)22(8)12-10-18(24)16(14-22)20(4,5)6/h9-10,13-14,23-24H,11-12H2,1-8H3. The molecule has 27 heavy (non-hydrogen) atoms. The van der Waals surface area contributed by atoms with E-state index in [2.05, 4.69) is 0 Å². The highest BCUT2D eigenvalue weighted by molar-refractivity contribution is 7.94. The molecule has 2 N–H and O–H groups in total. The third-order valence-electron chi connectivity index (χ3n) is 5.70. The first-order valence-corrected chi connectivity index (χ1v) is 10.9. The van der Waals surface area contributed by atoms with Gasteiger partial charge < -0.3 is 10.2 Å². The molecule has 152 valence electrons. The monoisotopic (exact) mass is 394 g/mol. The molecule has 0 saturated heterocycles. The molecule has 0 radical (unpaired) electrons. The van der Waals surface area contributed by atoms with E-state index in [1.54, 1.807) is 38.2 Å². The Morgan fingerprint density at radius 1 is 0.778 bits per heavy atom. The van der Waals surface area contributed by atoms with Crippen LogP contribution in [0.25, 0.3) is 0 Å². The molecule has 2 aliphatic rings. The van der Waals surface area contributed by atoms with E-state index in [4.69, 9.17) is 0 Å². The average molecular weight is 395 g/mol. The first-order chi connectivity index (χ1) is 11.9. The van der Waals surface area contributed by atoms with Crippen molar-refractivity contribution in [2.45, 2.75) is 77.7 Å². The lowest BCUT2D eigenvalue weighted by molar-refractivity contribution is 0.364. The van der Waals surface area contributed by atoms with Crippen LogP contribution in [0, 0.1) is 10.8 Å². The maximum atomic E-state index is 13.8. The smallest absolute Gasteiger partial charge is 0.168 e. The summed E-state index contributed by atoms with van der Waals surface area (Å²) >= 11 is 0. The lowest BCUT2D eigenvalue weighted by atomic mass is 9.79. The van der Waals surface area contributed by atoms with Crippen molar-refractivity contribution in [2.75, 3.05) is 0 Å². The molecule has 2 rings (SSSR count). The van der Waals surface area contributed by atoms with Crippen molar-refractivity contribution in [3.05, 3.63) is 47.0 Å². The predicted octanol–water partition coefficient (Wildman–Crippen LogP) is 5.55. The summed E-state index contributed by atoms with van der Waals surface area (Å²) in [6.07, 6.45) is 7.14. The van der Waals surface area contributed by atoms with Gasteiger partial charge in [-0.25, -0.2) is 8.42 Å². The normalized spacial score (nSPS) is 30.2. The Balaban J connectivity index is 2.62. The second kappa shape index (κ2) is 6.26. The average Bonchev–Trinajstić information content (AvgIpc) is 2.50. The Hall–Kier alpha value is -1.49. The number of sulfone groups is 1. The number of rotatable bonds is 2. The van der Waals surface area contributed by atoms with Crippen LogP contribution >= 0.6 is 0 Å². The van der Waals surface area contributed by atoms with E-state index in [9.17, 15) is 18.6 Å². The summed E-state index contributed by atoms with van der Waals surface area (Å²) in [6, 6.07) is 0. The minimum Gasteiger partial charge on any atom is -0.508 e. The number of hydrogen-bond acceptors (Lipinski definition) is 4. The van der Waals surface area contributed by atoms with Crippen LogP contribution in [0.15, 0.2) is 47.0 Å². The summed E-state index contributed by atoms with van der Waals surface area (Å²) in [5, 5.41) is 20.6. The van der Waals surface area contributed by atoms with Crippen LogP contribution < -0.4 is 0 Å². The van der Waals surface area contributed by atoms with Crippen molar-refractivity contribution in [2.24, 2.45) is 10.8 Å². The van der Waals surface area contributed by atoms with Crippen LogP contribution in [0.5, 0.6) is 0 Å². The lowest BCUT2D eigenvalue weighted by Gasteiger charge is -2.41. The molecule has 0 saturated carbocycles. The van der Waals surface area contributed by atoms with Crippen LogP contribution in [-0.2, 0) is 9.84 Å². The third kappa shape index (κ3) is 3.63. The highest BCUT2D eigenvalue weighted by Crippen LogP contribution is 2.47. The van der Waals surface area contributed by atoms with Gasteiger partial charge in [0.25, 0.3) is 0 Å². The first-order valence-electron chi connectivity index (χ1n) is 9.44. The molecule has 2 aliphatic carbocycles. The van der Waals surface area contributed by atoms with E-state index in [-0.39, 0.29) is 35.2 Å². The fraction of sp³-hybridized carbons (Fsp3) is 0.636. The summed E-state index contributed by atoms with van der Waals surface area (Å²) in [7, 11) is -3.68. The van der Waals surface area contributed by atoms with Crippen molar-refractivity contribution in [3.63, 3.8) is 0 Å². The Bertz CT molecular complexity index is 791. The summed E-state index contributed by atoms with van der Waals surface area (Å²) in [6.45, 7) is 15.2. The van der Waals surface area contributed by atoms with Crippen molar-refractivity contribution in [1.82, 2.24) is 0 Å². The largest absolute Gasteiger partial charge is 0.508 e. The van der Waals surface area contributed by atoms with E-state index in [1.165, 1.54) is 0 Å². The summed E-state index contributed by atoms with van der Waals surface area (Å²) in [5.41, 5.74) is 0.571. The minimum absolute atomic E-state index is 0.160. The van der Waals surface area contributed by atoms with Gasteiger partial charge in [-0.15, -0.1) is 0 Å². The summed E-state index contributed by atoms with van der Waals surface area (Å²) < 4.78 is 25.4. The molecule has 4 nitrogen and oxygen atoms in total. The topological polar surface area (TPSA) is 74.6 Å². The second-order valence-corrected chi connectivity index (χ2v) is 13.2. The first kappa shape index (κ1) is 21.8. The molecule has 0 aliphatic heterocycles. The molecule has 0 aromatic heterocycles. The van der Waals surface area contributed by atoms with Crippen LogP contribution in [0.2, 0.25) is 0 Å². The van der Waals surface area contributed by atoms with Gasteiger partial charge in [-0.1, -0.05) is 53.7 Å². The Morgan fingerprint density at radius 3 is 1.33 bits per heavy atom. The number of aliphatic hydroxyl groups is 2. The van der Waals surface area contributed by atoms with Gasteiger partial charge in [-0.05, 0) is 60.8 Å². The zero-order chi connectivity index (χ0) is 21.1. The van der Waals surface area contributed by atoms with Gasteiger partial charge in [0, 0.05) is 0 Å². The van der Waals surface area contributed by atoms with Crippen LogP contribution in [0.3, 0.4) is 0 Å². The van der Waals surface area contributed by atoms with Crippen LogP contribution in [-0.4, -0.2) is 28.1 Å². The highest BCUT2D eigenvalue weighted by Gasteiger charge is 2.51. The van der Waals surface area contributed by atoms with E-state index < -0.39 is 19.3 Å². The van der Waals surface area contributed by atoms with Gasteiger partial charge >= 0.3 is 0 Å². The molecule has 0 bridgehead atoms. The van der Waals surface area contributed by atoms with E-state index in [0.717, 1.165) is 0 Å². The van der Waals surface area contributed by atoms with Gasteiger partial charge in [0.2, 0.25) is 0 Å². The van der Waals surface area contributed by atoms with Gasteiger partial charge in [0.1, 0.15) is 11.5 Å². The minimum atomic E-state index is -3.68. The maximum Gasteiger partial charge on any atom is 0.168 e. The molecule has 0 heterocycles. The van der Waals surface area contributed by atoms with Crippen LogP contribution in [0.1, 0.15) is 68.2 Å². The molecular formula is C22H34O4S. The predicted molar refractivity (Wildman–Crippen MR) is 111 cm³/mol. The van der Waals surface area contributed by atoms with Crippen molar-refractivity contribution in [1.29, 1.82) is 0 Å². The number of allylic oxidation sites excluding steroid dienone is 4. The zero-order valence-corrected chi connectivity index (χ0v) is 18.7. The van der Waals surface area contributed by atoms with Gasteiger partial charge in [-0.3, -0.25) is 0 Å². The van der Waals surface area contributed by atoms with Gasteiger partial charge in [0.05, 0.1) is 9.49 Å². The zero-order valence-electron chi connectivity index (χ0n) is 17.8. The van der Waals surface area contributed by atoms with Gasteiger partial charge in [0.15, 0.2) is 9.84 Å². The molecule has 0 aromatic rings. The highest BCUT2D eigenvalue weighted by atomic mass is 32.2.